The van der Waals surface area contributed by atoms with Crippen LogP contribution >= 0.6 is 0 Å². The molecule has 0 saturated carbocycles. The molecule has 0 aliphatic carbocycles. The summed E-state index contributed by atoms with van der Waals surface area (Å²) in [4.78, 5) is 11.4. The summed E-state index contributed by atoms with van der Waals surface area (Å²) >= 11 is 0. The van der Waals surface area contributed by atoms with E-state index in [1.807, 2.05) is 6.07 Å². The van der Waals surface area contributed by atoms with Crippen molar-refractivity contribution in [3.63, 3.8) is 0 Å². The SMILES string of the molecule is CC(=O)OCc1c2ccccc2c2ccc3cccc4ccc1c2c43. The summed E-state index contributed by atoms with van der Waals surface area (Å²) in [7, 11) is 0. The van der Waals surface area contributed by atoms with E-state index in [2.05, 4.69) is 60.7 Å². The lowest BCUT2D eigenvalue weighted by Gasteiger charge is -2.17. The van der Waals surface area contributed by atoms with E-state index in [1.54, 1.807) is 0 Å². The Morgan fingerprint density at radius 3 is 2.12 bits per heavy atom. The monoisotopic (exact) mass is 324 g/mol. The first-order chi connectivity index (χ1) is 12.2. The summed E-state index contributed by atoms with van der Waals surface area (Å²) in [6, 6.07) is 23.5. The molecule has 0 spiro atoms. The highest BCUT2D eigenvalue weighted by Gasteiger charge is 2.16. The number of hydrogen-bond acceptors (Lipinski definition) is 2. The summed E-state index contributed by atoms with van der Waals surface area (Å²) in [5, 5.41) is 9.79. The standard InChI is InChI=1S/C23H16O2/c1-14(24)25-13-21-18-8-3-2-7-17(18)19-11-9-15-5-4-6-16-10-12-20(21)23(19)22(15)16/h2-12H,13H2,1H3. The van der Waals surface area contributed by atoms with Gasteiger partial charge in [-0.25, -0.2) is 0 Å². The molecule has 2 heteroatoms. The van der Waals surface area contributed by atoms with Crippen molar-refractivity contribution < 1.29 is 9.53 Å². The van der Waals surface area contributed by atoms with Crippen molar-refractivity contribution in [2.45, 2.75) is 13.5 Å². The van der Waals surface area contributed by atoms with Crippen molar-refractivity contribution in [3.05, 3.63) is 72.3 Å². The third-order valence-corrected chi connectivity index (χ3v) is 5.06. The van der Waals surface area contributed by atoms with Crippen LogP contribution in [0.15, 0.2) is 66.7 Å². The van der Waals surface area contributed by atoms with Crippen LogP contribution in [0.4, 0.5) is 0 Å². The Bertz CT molecular complexity index is 1250. The number of ether oxygens (including phenoxy) is 1. The van der Waals surface area contributed by atoms with Gasteiger partial charge >= 0.3 is 5.97 Å². The fourth-order valence-corrected chi connectivity index (χ4v) is 4.01. The third-order valence-electron chi connectivity index (χ3n) is 5.06. The summed E-state index contributed by atoms with van der Waals surface area (Å²) in [5.41, 5.74) is 1.08. The fourth-order valence-electron chi connectivity index (χ4n) is 4.01. The molecule has 0 aliphatic heterocycles. The Labute approximate surface area is 145 Å². The molecule has 0 radical (unpaired) electrons. The van der Waals surface area contributed by atoms with Crippen molar-refractivity contribution in [2.24, 2.45) is 0 Å². The quantitative estimate of drug-likeness (QED) is 0.233. The largest absolute Gasteiger partial charge is 0.461 e. The molecule has 5 rings (SSSR count). The van der Waals surface area contributed by atoms with Crippen LogP contribution in [-0.2, 0) is 16.1 Å². The minimum atomic E-state index is -0.255. The van der Waals surface area contributed by atoms with E-state index in [9.17, 15) is 4.79 Å². The second-order valence-electron chi connectivity index (χ2n) is 6.48. The smallest absolute Gasteiger partial charge is 0.302 e. The molecule has 2 nitrogen and oxygen atoms in total. The van der Waals surface area contributed by atoms with E-state index in [0.29, 0.717) is 6.61 Å². The first kappa shape index (κ1) is 14.2. The first-order valence-corrected chi connectivity index (χ1v) is 8.44. The molecule has 0 bridgehead atoms. The van der Waals surface area contributed by atoms with E-state index in [1.165, 1.54) is 44.6 Å². The minimum absolute atomic E-state index is 0.255. The normalized spacial score (nSPS) is 11.7. The van der Waals surface area contributed by atoms with Crippen LogP contribution in [0, 0.1) is 0 Å². The maximum Gasteiger partial charge on any atom is 0.302 e. The molecule has 0 heterocycles. The number of carbonyl (C=O) groups is 1. The van der Waals surface area contributed by atoms with Crippen LogP contribution in [-0.4, -0.2) is 5.97 Å². The lowest BCUT2D eigenvalue weighted by molar-refractivity contribution is -0.142. The molecular weight excluding hydrogens is 308 g/mol. The molecule has 0 N–H and O–H groups in total. The molecule has 0 aliphatic rings. The van der Waals surface area contributed by atoms with E-state index < -0.39 is 0 Å². The summed E-state index contributed by atoms with van der Waals surface area (Å²) in [5.74, 6) is -0.255. The second kappa shape index (κ2) is 5.18. The number of carbonyl (C=O) groups excluding carboxylic acids is 1. The van der Waals surface area contributed by atoms with Gasteiger partial charge in [-0.05, 0) is 43.1 Å². The summed E-state index contributed by atoms with van der Waals surface area (Å²) < 4.78 is 5.39. The molecule has 0 unspecified atom stereocenters. The van der Waals surface area contributed by atoms with Gasteiger partial charge in [0.1, 0.15) is 6.61 Å². The van der Waals surface area contributed by atoms with Crippen LogP contribution in [0.5, 0.6) is 0 Å². The van der Waals surface area contributed by atoms with Gasteiger partial charge in [0.2, 0.25) is 0 Å². The van der Waals surface area contributed by atoms with Gasteiger partial charge in [0.25, 0.3) is 0 Å². The van der Waals surface area contributed by atoms with E-state index in [4.69, 9.17) is 4.74 Å². The molecule has 120 valence electrons. The molecule has 5 aromatic rings. The zero-order valence-electron chi connectivity index (χ0n) is 13.9. The van der Waals surface area contributed by atoms with Crippen molar-refractivity contribution in [2.75, 3.05) is 0 Å². The van der Waals surface area contributed by atoms with Gasteiger partial charge in [0, 0.05) is 12.5 Å². The Morgan fingerprint density at radius 1 is 0.720 bits per heavy atom. The zero-order valence-corrected chi connectivity index (χ0v) is 13.9. The number of hydrogen-bond donors (Lipinski definition) is 0. The van der Waals surface area contributed by atoms with Crippen LogP contribution < -0.4 is 0 Å². The molecule has 0 fully saturated rings. The topological polar surface area (TPSA) is 26.3 Å². The fraction of sp³-hybridized carbons (Fsp3) is 0.0870. The lowest BCUT2D eigenvalue weighted by atomic mass is 9.88. The van der Waals surface area contributed by atoms with Crippen molar-refractivity contribution in [3.8, 4) is 0 Å². The van der Waals surface area contributed by atoms with Crippen LogP contribution in [0.2, 0.25) is 0 Å². The highest BCUT2D eigenvalue weighted by Crippen LogP contribution is 2.40. The van der Waals surface area contributed by atoms with Crippen molar-refractivity contribution in [1.29, 1.82) is 0 Å². The Morgan fingerprint density at radius 2 is 1.40 bits per heavy atom. The molecule has 0 amide bonds. The highest BCUT2D eigenvalue weighted by molar-refractivity contribution is 6.30. The van der Waals surface area contributed by atoms with Gasteiger partial charge in [-0.15, -0.1) is 0 Å². The van der Waals surface area contributed by atoms with E-state index in [-0.39, 0.29) is 5.97 Å². The van der Waals surface area contributed by atoms with Crippen LogP contribution in [0.25, 0.3) is 43.1 Å². The lowest BCUT2D eigenvalue weighted by Crippen LogP contribution is -2.01. The average Bonchev–Trinajstić information content (AvgIpc) is 2.64. The predicted octanol–water partition coefficient (Wildman–Crippen LogP) is 5.80. The van der Waals surface area contributed by atoms with Crippen molar-refractivity contribution in [1.82, 2.24) is 0 Å². The maximum absolute atomic E-state index is 11.4. The van der Waals surface area contributed by atoms with Crippen molar-refractivity contribution >= 4 is 49.1 Å². The Kier molecular flexibility index (Phi) is 2.95. The van der Waals surface area contributed by atoms with Crippen LogP contribution in [0.1, 0.15) is 12.5 Å². The van der Waals surface area contributed by atoms with Gasteiger partial charge in [-0.1, -0.05) is 66.7 Å². The predicted molar refractivity (Wildman–Crippen MR) is 103 cm³/mol. The number of benzene rings is 5. The second-order valence-corrected chi connectivity index (χ2v) is 6.48. The van der Waals surface area contributed by atoms with Gasteiger partial charge in [-0.3, -0.25) is 4.79 Å². The van der Waals surface area contributed by atoms with Gasteiger partial charge < -0.3 is 4.74 Å². The molecule has 5 aromatic carbocycles. The molecule has 0 atom stereocenters. The average molecular weight is 324 g/mol. The molecule has 0 saturated heterocycles. The van der Waals surface area contributed by atoms with E-state index >= 15 is 0 Å². The molecule has 25 heavy (non-hydrogen) atoms. The molecule has 0 aromatic heterocycles. The number of esters is 1. The maximum atomic E-state index is 11.4. The number of fused-ring (bicyclic) bond motifs is 2. The van der Waals surface area contributed by atoms with Gasteiger partial charge in [0.05, 0.1) is 0 Å². The summed E-state index contributed by atoms with van der Waals surface area (Å²) in [6.45, 7) is 1.75. The molecular formula is C23H16O2. The Balaban J connectivity index is 2.03. The zero-order chi connectivity index (χ0) is 17.0. The first-order valence-electron chi connectivity index (χ1n) is 8.44. The third kappa shape index (κ3) is 2.01. The highest BCUT2D eigenvalue weighted by atomic mass is 16.5. The van der Waals surface area contributed by atoms with Gasteiger partial charge in [0.15, 0.2) is 0 Å². The van der Waals surface area contributed by atoms with Crippen LogP contribution in [0.3, 0.4) is 0 Å². The summed E-state index contributed by atoms with van der Waals surface area (Å²) in [6.07, 6.45) is 0. The number of rotatable bonds is 2. The Hall–Kier alpha value is -3.13. The van der Waals surface area contributed by atoms with Gasteiger partial charge in [-0.2, -0.15) is 0 Å². The minimum Gasteiger partial charge on any atom is -0.461 e. The van der Waals surface area contributed by atoms with E-state index in [0.717, 1.165) is 10.9 Å².